The molecule has 1 aromatic carbocycles. The molecule has 0 bridgehead atoms. The molecule has 0 aliphatic rings. The van der Waals surface area contributed by atoms with Crippen LogP contribution in [0.3, 0.4) is 0 Å². The molecule has 0 amide bonds. The molecule has 0 aromatic heterocycles. The van der Waals surface area contributed by atoms with Crippen molar-refractivity contribution in [1.82, 2.24) is 0 Å². The molecule has 1 rings (SSSR count). The molecule has 1 nitrogen and oxygen atoms in total. The van der Waals surface area contributed by atoms with Crippen LogP contribution in [0.5, 0.6) is 5.75 Å². The largest absolute Gasteiger partial charge is 0.493 e. The Balaban J connectivity index is 3.00. The zero-order valence-corrected chi connectivity index (χ0v) is 16.1. The van der Waals surface area contributed by atoms with Crippen LogP contribution in [0.2, 0.25) is 0 Å². The molecular weight excluding hydrogens is 280 g/mol. The van der Waals surface area contributed by atoms with Crippen LogP contribution in [-0.4, -0.2) is 6.61 Å². The maximum absolute atomic E-state index is 6.04. The first-order valence-corrected chi connectivity index (χ1v) is 9.41. The predicted molar refractivity (Wildman–Crippen MR) is 103 cm³/mol. The highest BCUT2D eigenvalue weighted by Gasteiger charge is 2.15. The van der Waals surface area contributed by atoms with E-state index in [2.05, 4.69) is 71.9 Å². The molecule has 1 unspecified atom stereocenters. The highest BCUT2D eigenvalue weighted by atomic mass is 16.5. The zero-order chi connectivity index (χ0) is 17.2. The lowest BCUT2D eigenvalue weighted by Gasteiger charge is -2.20. The topological polar surface area (TPSA) is 9.23 Å². The van der Waals surface area contributed by atoms with E-state index >= 15 is 0 Å². The van der Waals surface area contributed by atoms with Crippen molar-refractivity contribution in [1.29, 1.82) is 0 Å². The average Bonchev–Trinajstić information content (AvgIpc) is 2.52. The van der Waals surface area contributed by atoms with E-state index in [-0.39, 0.29) is 0 Å². The predicted octanol–water partition coefficient (Wildman–Crippen LogP) is 7.08. The quantitative estimate of drug-likeness (QED) is 0.419. The number of hydrogen-bond acceptors (Lipinski definition) is 1. The summed E-state index contributed by atoms with van der Waals surface area (Å²) in [6.45, 7) is 14.2. The highest BCUT2D eigenvalue weighted by molar-refractivity contribution is 5.40. The van der Waals surface area contributed by atoms with Crippen LogP contribution in [0.4, 0.5) is 0 Å². The minimum absolute atomic E-state index is 0.491. The second-order valence-corrected chi connectivity index (χ2v) is 7.26. The third-order valence-electron chi connectivity index (χ3n) is 4.16. The Morgan fingerprint density at radius 1 is 1.04 bits per heavy atom. The first-order chi connectivity index (χ1) is 11.0. The van der Waals surface area contributed by atoms with Gasteiger partial charge in [-0.1, -0.05) is 72.2 Å². The number of rotatable bonds is 10. The van der Waals surface area contributed by atoms with Crippen LogP contribution >= 0.6 is 0 Å². The maximum atomic E-state index is 6.04. The van der Waals surface area contributed by atoms with Gasteiger partial charge in [-0.2, -0.15) is 0 Å². The van der Waals surface area contributed by atoms with E-state index < -0.39 is 0 Å². The summed E-state index contributed by atoms with van der Waals surface area (Å²) in [6, 6.07) is 6.86. The van der Waals surface area contributed by atoms with Crippen molar-refractivity contribution in [2.45, 2.75) is 79.1 Å². The van der Waals surface area contributed by atoms with Gasteiger partial charge in [0.25, 0.3) is 0 Å². The number of ether oxygens (including phenoxy) is 1. The van der Waals surface area contributed by atoms with Gasteiger partial charge in [-0.05, 0) is 54.2 Å². The Kier molecular flexibility index (Phi) is 9.06. The van der Waals surface area contributed by atoms with Crippen molar-refractivity contribution in [3.8, 4) is 5.75 Å². The molecule has 23 heavy (non-hydrogen) atoms. The fourth-order valence-corrected chi connectivity index (χ4v) is 2.86. The summed E-state index contributed by atoms with van der Waals surface area (Å²) in [5, 5.41) is 0. The first kappa shape index (κ1) is 19.8. The van der Waals surface area contributed by atoms with Gasteiger partial charge >= 0.3 is 0 Å². The van der Waals surface area contributed by atoms with Gasteiger partial charge in [0.2, 0.25) is 0 Å². The third kappa shape index (κ3) is 6.81. The molecule has 0 fully saturated rings. The SMILES string of the molecule is CC/C=C\CC(CCC)c1ccc(OCC(C)C)c(C(C)C)c1. The Morgan fingerprint density at radius 2 is 1.78 bits per heavy atom. The Labute approximate surface area is 144 Å². The average molecular weight is 317 g/mol. The van der Waals surface area contributed by atoms with E-state index in [1.807, 2.05) is 0 Å². The summed E-state index contributed by atoms with van der Waals surface area (Å²) in [5.74, 6) is 2.74. The molecular formula is C22H36O. The second-order valence-electron chi connectivity index (χ2n) is 7.26. The van der Waals surface area contributed by atoms with E-state index in [1.54, 1.807) is 0 Å². The van der Waals surface area contributed by atoms with Crippen LogP contribution in [0.25, 0.3) is 0 Å². The molecule has 0 saturated carbocycles. The molecule has 0 saturated heterocycles. The van der Waals surface area contributed by atoms with Crippen molar-refractivity contribution < 1.29 is 4.74 Å². The summed E-state index contributed by atoms with van der Waals surface area (Å²) < 4.78 is 6.04. The summed E-state index contributed by atoms with van der Waals surface area (Å²) in [4.78, 5) is 0. The normalized spacial score (nSPS) is 13.2. The minimum atomic E-state index is 0.491. The summed E-state index contributed by atoms with van der Waals surface area (Å²) in [7, 11) is 0. The number of benzene rings is 1. The lowest BCUT2D eigenvalue weighted by Crippen LogP contribution is -2.08. The van der Waals surface area contributed by atoms with Gasteiger partial charge in [0.15, 0.2) is 0 Å². The van der Waals surface area contributed by atoms with Crippen LogP contribution in [0.1, 0.15) is 90.2 Å². The molecule has 0 aliphatic heterocycles. The lowest BCUT2D eigenvalue weighted by atomic mass is 9.88. The third-order valence-corrected chi connectivity index (χ3v) is 4.16. The fraction of sp³-hybridized carbons (Fsp3) is 0.636. The Bertz CT molecular complexity index is 471. The standard InChI is InChI=1S/C22H36O/c1-7-9-10-12-19(11-8-2)20-13-14-22(23-16-17(3)4)21(15-20)18(5)6/h9-10,13-15,17-19H,7-8,11-12,16H2,1-6H3/b10-9-. The second kappa shape index (κ2) is 10.5. The Hall–Kier alpha value is -1.24. The molecule has 130 valence electrons. The number of hydrogen-bond donors (Lipinski definition) is 0. The van der Waals surface area contributed by atoms with Gasteiger partial charge in [0.05, 0.1) is 6.61 Å². The van der Waals surface area contributed by atoms with Gasteiger partial charge in [0.1, 0.15) is 5.75 Å². The first-order valence-electron chi connectivity index (χ1n) is 9.41. The van der Waals surface area contributed by atoms with Gasteiger partial charge in [-0.3, -0.25) is 0 Å². The van der Waals surface area contributed by atoms with Crippen molar-refractivity contribution in [3.63, 3.8) is 0 Å². The van der Waals surface area contributed by atoms with Gasteiger partial charge < -0.3 is 4.74 Å². The van der Waals surface area contributed by atoms with Crippen LogP contribution in [-0.2, 0) is 0 Å². The summed E-state index contributed by atoms with van der Waals surface area (Å²) >= 11 is 0. The monoisotopic (exact) mass is 316 g/mol. The van der Waals surface area contributed by atoms with E-state index in [0.717, 1.165) is 25.2 Å². The fourth-order valence-electron chi connectivity index (χ4n) is 2.86. The number of allylic oxidation sites excluding steroid dienone is 2. The van der Waals surface area contributed by atoms with Crippen molar-refractivity contribution in [2.75, 3.05) is 6.61 Å². The van der Waals surface area contributed by atoms with Crippen molar-refractivity contribution in [3.05, 3.63) is 41.5 Å². The minimum Gasteiger partial charge on any atom is -0.493 e. The highest BCUT2D eigenvalue weighted by Crippen LogP contribution is 2.33. The summed E-state index contributed by atoms with van der Waals surface area (Å²) in [5.41, 5.74) is 2.82. The molecule has 0 radical (unpaired) electrons. The molecule has 1 atom stereocenters. The summed E-state index contributed by atoms with van der Waals surface area (Å²) in [6.07, 6.45) is 9.37. The zero-order valence-electron chi connectivity index (χ0n) is 16.1. The van der Waals surface area contributed by atoms with Gasteiger partial charge in [-0.25, -0.2) is 0 Å². The van der Waals surface area contributed by atoms with Crippen LogP contribution in [0.15, 0.2) is 30.4 Å². The molecule has 1 aromatic rings. The Morgan fingerprint density at radius 3 is 2.35 bits per heavy atom. The van der Waals surface area contributed by atoms with E-state index in [4.69, 9.17) is 4.74 Å². The van der Waals surface area contributed by atoms with Crippen LogP contribution < -0.4 is 4.74 Å². The van der Waals surface area contributed by atoms with Gasteiger partial charge in [0, 0.05) is 0 Å². The lowest BCUT2D eigenvalue weighted by molar-refractivity contribution is 0.267. The van der Waals surface area contributed by atoms with Crippen molar-refractivity contribution >= 4 is 0 Å². The van der Waals surface area contributed by atoms with E-state index in [0.29, 0.717) is 17.8 Å². The molecule has 0 N–H and O–H groups in total. The van der Waals surface area contributed by atoms with Gasteiger partial charge in [-0.15, -0.1) is 0 Å². The van der Waals surface area contributed by atoms with E-state index in [9.17, 15) is 0 Å². The molecule has 0 spiro atoms. The molecule has 1 heteroatoms. The van der Waals surface area contributed by atoms with Crippen LogP contribution in [0, 0.1) is 5.92 Å². The van der Waals surface area contributed by atoms with Crippen molar-refractivity contribution in [2.24, 2.45) is 5.92 Å². The smallest absolute Gasteiger partial charge is 0.122 e. The maximum Gasteiger partial charge on any atom is 0.122 e. The molecule has 0 heterocycles. The molecule has 0 aliphatic carbocycles. The van der Waals surface area contributed by atoms with E-state index in [1.165, 1.54) is 24.0 Å².